The lowest BCUT2D eigenvalue weighted by Crippen LogP contribution is -2.20. The van der Waals surface area contributed by atoms with Gasteiger partial charge in [-0.25, -0.2) is 0 Å². The maximum absolute atomic E-state index is 12.8. The van der Waals surface area contributed by atoms with Crippen molar-refractivity contribution >= 4 is 27.3 Å². The molecule has 2 aromatic carbocycles. The fraction of sp³-hybridized carbons (Fsp3) is 0.200. The number of hydrogen-bond donors (Lipinski definition) is 3. The zero-order valence-corrected chi connectivity index (χ0v) is 16.9. The van der Waals surface area contributed by atoms with Crippen LogP contribution >= 0.6 is 0 Å². The van der Waals surface area contributed by atoms with Gasteiger partial charge in [-0.05, 0) is 74.2 Å². The summed E-state index contributed by atoms with van der Waals surface area (Å²) in [6, 6.07) is 10.9. The summed E-state index contributed by atoms with van der Waals surface area (Å²) in [5.74, 6) is -0.558. The molecular weight excluding hydrogens is 376 g/mol. The fourth-order valence-electron chi connectivity index (χ4n) is 2.90. The molecule has 146 valence electrons. The number of H-pyrrole nitrogens is 1. The van der Waals surface area contributed by atoms with E-state index < -0.39 is 15.9 Å². The Morgan fingerprint density at radius 1 is 0.929 bits per heavy atom. The van der Waals surface area contributed by atoms with Gasteiger partial charge in [-0.2, -0.15) is 13.5 Å². The molecule has 8 heteroatoms. The molecule has 0 saturated carbocycles. The molecule has 0 bridgehead atoms. The number of nitrogens with zero attached hydrogens (tertiary/aromatic N) is 1. The number of amides is 1. The van der Waals surface area contributed by atoms with Gasteiger partial charge in [0.25, 0.3) is 15.9 Å². The number of aromatic nitrogens is 2. The molecule has 3 N–H and O–H groups in total. The molecule has 28 heavy (non-hydrogen) atoms. The van der Waals surface area contributed by atoms with Crippen molar-refractivity contribution in [1.29, 1.82) is 0 Å². The van der Waals surface area contributed by atoms with Gasteiger partial charge in [-0.15, -0.1) is 0 Å². The van der Waals surface area contributed by atoms with Crippen molar-refractivity contribution in [3.05, 3.63) is 70.4 Å². The SMILES string of the molecule is Cc1cc(C)cc(NS(=O)(=O)c2[nH]ncc2C(=O)Nc2ccc(C)c(C)c2)c1. The summed E-state index contributed by atoms with van der Waals surface area (Å²) in [6.07, 6.45) is 1.20. The van der Waals surface area contributed by atoms with Crippen molar-refractivity contribution in [3.63, 3.8) is 0 Å². The molecule has 0 atom stereocenters. The number of anilines is 2. The van der Waals surface area contributed by atoms with Gasteiger partial charge >= 0.3 is 0 Å². The third-order valence-electron chi connectivity index (χ3n) is 4.36. The number of hydrogen-bond acceptors (Lipinski definition) is 4. The van der Waals surface area contributed by atoms with Gasteiger partial charge in [0, 0.05) is 11.4 Å². The summed E-state index contributed by atoms with van der Waals surface area (Å²) < 4.78 is 28.1. The number of carbonyl (C=O) groups is 1. The topological polar surface area (TPSA) is 104 Å². The Hall–Kier alpha value is -3.13. The Morgan fingerprint density at radius 2 is 1.61 bits per heavy atom. The highest BCUT2D eigenvalue weighted by molar-refractivity contribution is 7.92. The summed E-state index contributed by atoms with van der Waals surface area (Å²) >= 11 is 0. The van der Waals surface area contributed by atoms with E-state index in [1.165, 1.54) is 6.20 Å². The van der Waals surface area contributed by atoms with Crippen LogP contribution in [0.2, 0.25) is 0 Å². The van der Waals surface area contributed by atoms with Crippen molar-refractivity contribution in [2.45, 2.75) is 32.7 Å². The van der Waals surface area contributed by atoms with E-state index in [4.69, 9.17) is 0 Å². The maximum atomic E-state index is 12.8. The second kappa shape index (κ2) is 7.47. The average Bonchev–Trinajstić information content (AvgIpc) is 3.07. The van der Waals surface area contributed by atoms with Gasteiger partial charge in [0.1, 0.15) is 0 Å². The molecule has 0 spiro atoms. The summed E-state index contributed by atoms with van der Waals surface area (Å²) in [5.41, 5.74) is 4.92. The number of benzene rings is 2. The van der Waals surface area contributed by atoms with E-state index in [1.54, 1.807) is 18.2 Å². The summed E-state index contributed by atoms with van der Waals surface area (Å²) in [5, 5.41) is 8.61. The van der Waals surface area contributed by atoms with Crippen LogP contribution in [-0.2, 0) is 10.0 Å². The molecule has 0 aliphatic rings. The molecule has 1 amide bonds. The van der Waals surface area contributed by atoms with Crippen molar-refractivity contribution in [2.24, 2.45) is 0 Å². The monoisotopic (exact) mass is 398 g/mol. The summed E-state index contributed by atoms with van der Waals surface area (Å²) in [6.45, 7) is 7.67. The molecule has 3 aromatic rings. The Labute approximate surface area is 164 Å². The van der Waals surface area contributed by atoms with E-state index in [0.717, 1.165) is 22.3 Å². The number of rotatable bonds is 5. The number of carbonyl (C=O) groups excluding carboxylic acids is 1. The molecule has 0 aliphatic heterocycles. The van der Waals surface area contributed by atoms with Gasteiger partial charge in [0.15, 0.2) is 5.03 Å². The van der Waals surface area contributed by atoms with Crippen LogP contribution in [0.1, 0.15) is 32.6 Å². The van der Waals surface area contributed by atoms with E-state index in [9.17, 15) is 13.2 Å². The lowest BCUT2D eigenvalue weighted by Gasteiger charge is -2.11. The van der Waals surface area contributed by atoms with Crippen LogP contribution < -0.4 is 10.0 Å². The van der Waals surface area contributed by atoms with Crippen LogP contribution in [0.25, 0.3) is 0 Å². The molecule has 3 rings (SSSR count). The number of aryl methyl sites for hydroxylation is 4. The number of sulfonamides is 1. The maximum Gasteiger partial charge on any atom is 0.279 e. The summed E-state index contributed by atoms with van der Waals surface area (Å²) in [7, 11) is -4.02. The number of aromatic amines is 1. The van der Waals surface area contributed by atoms with Crippen LogP contribution in [0, 0.1) is 27.7 Å². The van der Waals surface area contributed by atoms with Gasteiger partial charge in [0.2, 0.25) is 0 Å². The largest absolute Gasteiger partial charge is 0.322 e. The van der Waals surface area contributed by atoms with E-state index in [-0.39, 0.29) is 10.6 Å². The molecule has 0 radical (unpaired) electrons. The second-order valence-corrected chi connectivity index (χ2v) is 8.47. The molecule has 0 saturated heterocycles. The number of nitrogens with one attached hydrogen (secondary N) is 3. The minimum Gasteiger partial charge on any atom is -0.322 e. The zero-order valence-electron chi connectivity index (χ0n) is 16.1. The van der Waals surface area contributed by atoms with Crippen molar-refractivity contribution in [3.8, 4) is 0 Å². The third-order valence-corrected chi connectivity index (χ3v) is 5.71. The van der Waals surface area contributed by atoms with Gasteiger partial charge in [0.05, 0.1) is 11.8 Å². The Kier molecular flexibility index (Phi) is 5.24. The van der Waals surface area contributed by atoms with Crippen molar-refractivity contribution in [1.82, 2.24) is 10.2 Å². The fourth-order valence-corrected chi connectivity index (χ4v) is 4.04. The van der Waals surface area contributed by atoms with Crippen LogP contribution in [0.5, 0.6) is 0 Å². The van der Waals surface area contributed by atoms with E-state index in [1.807, 2.05) is 45.9 Å². The van der Waals surface area contributed by atoms with E-state index in [0.29, 0.717) is 11.4 Å². The molecule has 0 aliphatic carbocycles. The highest BCUT2D eigenvalue weighted by Gasteiger charge is 2.25. The van der Waals surface area contributed by atoms with Crippen LogP contribution in [0.15, 0.2) is 47.6 Å². The first-order valence-corrected chi connectivity index (χ1v) is 10.2. The highest BCUT2D eigenvalue weighted by Crippen LogP contribution is 2.21. The quantitative estimate of drug-likeness (QED) is 0.609. The molecule has 1 aromatic heterocycles. The van der Waals surface area contributed by atoms with Gasteiger partial charge in [-0.3, -0.25) is 14.6 Å². The van der Waals surface area contributed by atoms with E-state index in [2.05, 4.69) is 20.2 Å². The van der Waals surface area contributed by atoms with Crippen LogP contribution in [0.4, 0.5) is 11.4 Å². The second-order valence-electron chi connectivity index (χ2n) is 6.85. The third kappa shape index (κ3) is 4.23. The summed E-state index contributed by atoms with van der Waals surface area (Å²) in [4.78, 5) is 12.6. The molecular formula is C20H22N4O3S. The Morgan fingerprint density at radius 3 is 2.25 bits per heavy atom. The Balaban J connectivity index is 1.87. The smallest absolute Gasteiger partial charge is 0.279 e. The highest BCUT2D eigenvalue weighted by atomic mass is 32.2. The minimum atomic E-state index is -4.02. The lowest BCUT2D eigenvalue weighted by atomic mass is 10.1. The van der Waals surface area contributed by atoms with Crippen LogP contribution in [-0.4, -0.2) is 24.5 Å². The molecule has 0 fully saturated rings. The standard InChI is InChI=1S/C20H22N4O3S/c1-12-7-13(2)9-17(8-12)24-28(26,27)20-18(11-21-23-20)19(25)22-16-6-5-14(3)15(4)10-16/h5-11,24H,1-4H3,(H,21,23)(H,22,25). The van der Waals surface area contributed by atoms with Crippen molar-refractivity contribution in [2.75, 3.05) is 10.0 Å². The average molecular weight is 398 g/mol. The predicted molar refractivity (Wildman–Crippen MR) is 109 cm³/mol. The van der Waals surface area contributed by atoms with E-state index >= 15 is 0 Å². The first-order chi connectivity index (χ1) is 13.2. The Bertz CT molecular complexity index is 1130. The minimum absolute atomic E-state index is 0.0601. The molecule has 7 nitrogen and oxygen atoms in total. The first kappa shape index (κ1) is 19.6. The normalized spacial score (nSPS) is 11.3. The predicted octanol–water partition coefficient (Wildman–Crippen LogP) is 3.70. The van der Waals surface area contributed by atoms with Crippen LogP contribution in [0.3, 0.4) is 0 Å². The lowest BCUT2D eigenvalue weighted by molar-refractivity contribution is 0.102. The van der Waals surface area contributed by atoms with Gasteiger partial charge < -0.3 is 5.32 Å². The van der Waals surface area contributed by atoms with Crippen molar-refractivity contribution < 1.29 is 13.2 Å². The first-order valence-electron chi connectivity index (χ1n) is 8.69. The molecule has 1 heterocycles. The molecule has 0 unspecified atom stereocenters. The zero-order chi connectivity index (χ0) is 20.5. The van der Waals surface area contributed by atoms with Gasteiger partial charge in [-0.1, -0.05) is 12.1 Å².